The molecule has 0 saturated heterocycles. The largest absolute Gasteiger partial charge is 0.397 e. The molecule has 0 saturated carbocycles. The Labute approximate surface area is 120 Å². The van der Waals surface area contributed by atoms with Gasteiger partial charge in [0.2, 0.25) is 0 Å². The van der Waals surface area contributed by atoms with Crippen LogP contribution in [0, 0.1) is 0 Å². The molecule has 0 radical (unpaired) electrons. The number of hydrogen-bond acceptors (Lipinski definition) is 5. The first-order chi connectivity index (χ1) is 10.2. The number of nitrogens with one attached hydrogen (secondary N) is 1. The van der Waals surface area contributed by atoms with Gasteiger partial charge in [0.1, 0.15) is 5.69 Å². The SMILES string of the molecule is Nc1ccc(C(=O)Nc2ccccc2-n2ccnn2)nc1. The summed E-state index contributed by atoms with van der Waals surface area (Å²) in [5.74, 6) is -0.317. The van der Waals surface area contributed by atoms with E-state index in [-0.39, 0.29) is 11.6 Å². The molecule has 21 heavy (non-hydrogen) atoms. The minimum Gasteiger partial charge on any atom is -0.397 e. The predicted molar refractivity (Wildman–Crippen MR) is 78.0 cm³/mol. The van der Waals surface area contributed by atoms with Crippen LogP contribution in [0.1, 0.15) is 10.5 Å². The number of hydrogen-bond donors (Lipinski definition) is 2. The molecule has 3 N–H and O–H groups in total. The number of carbonyl (C=O) groups is 1. The van der Waals surface area contributed by atoms with E-state index in [9.17, 15) is 4.79 Å². The number of nitrogens with zero attached hydrogens (tertiary/aromatic N) is 4. The average molecular weight is 280 g/mol. The molecule has 1 aromatic carbocycles. The Morgan fingerprint density at radius 1 is 1.19 bits per heavy atom. The first kappa shape index (κ1) is 12.8. The van der Waals surface area contributed by atoms with Crippen molar-refractivity contribution in [2.75, 3.05) is 11.1 Å². The third-order valence-electron chi connectivity index (χ3n) is 2.84. The van der Waals surface area contributed by atoms with E-state index < -0.39 is 0 Å². The van der Waals surface area contributed by atoms with Crippen molar-refractivity contribution in [2.24, 2.45) is 0 Å². The fourth-order valence-electron chi connectivity index (χ4n) is 1.84. The topological polar surface area (TPSA) is 98.7 Å². The zero-order valence-corrected chi connectivity index (χ0v) is 11.0. The summed E-state index contributed by atoms with van der Waals surface area (Å²) in [6, 6.07) is 10.5. The molecular formula is C14H12N6O. The maximum absolute atomic E-state index is 12.2. The minimum absolute atomic E-state index is 0.289. The fourth-order valence-corrected chi connectivity index (χ4v) is 1.84. The van der Waals surface area contributed by atoms with Crippen molar-refractivity contribution in [2.45, 2.75) is 0 Å². The standard InChI is InChI=1S/C14H12N6O/c15-10-5-6-12(16-9-10)14(21)18-11-3-1-2-4-13(11)20-8-7-17-19-20/h1-9H,15H2,(H,18,21). The molecule has 0 spiro atoms. The van der Waals surface area contributed by atoms with Crippen LogP contribution in [-0.4, -0.2) is 25.9 Å². The van der Waals surface area contributed by atoms with Crippen molar-refractivity contribution >= 4 is 17.3 Å². The van der Waals surface area contributed by atoms with Crippen LogP contribution >= 0.6 is 0 Å². The van der Waals surface area contributed by atoms with Gasteiger partial charge in [0.05, 0.1) is 35.7 Å². The molecule has 1 amide bonds. The van der Waals surface area contributed by atoms with Crippen molar-refractivity contribution in [1.82, 2.24) is 20.0 Å². The number of anilines is 2. The highest BCUT2D eigenvalue weighted by Crippen LogP contribution is 2.19. The van der Waals surface area contributed by atoms with Gasteiger partial charge in [-0.3, -0.25) is 4.79 Å². The molecule has 7 heteroatoms. The van der Waals surface area contributed by atoms with Crippen LogP contribution in [0.5, 0.6) is 0 Å². The number of carbonyl (C=O) groups excluding carboxylic acids is 1. The van der Waals surface area contributed by atoms with E-state index >= 15 is 0 Å². The molecule has 0 aliphatic rings. The second kappa shape index (κ2) is 5.41. The Kier molecular flexibility index (Phi) is 3.30. The van der Waals surface area contributed by atoms with E-state index in [0.29, 0.717) is 11.4 Å². The Bertz CT molecular complexity index is 751. The van der Waals surface area contributed by atoms with E-state index in [2.05, 4.69) is 20.6 Å². The molecule has 3 aromatic rings. The first-order valence-electron chi connectivity index (χ1n) is 6.22. The van der Waals surface area contributed by atoms with Gasteiger partial charge in [-0.2, -0.15) is 0 Å². The normalized spacial score (nSPS) is 10.3. The third-order valence-corrected chi connectivity index (χ3v) is 2.84. The van der Waals surface area contributed by atoms with E-state index in [4.69, 9.17) is 5.73 Å². The number of para-hydroxylation sites is 2. The number of nitrogens with two attached hydrogens (primary N) is 1. The minimum atomic E-state index is -0.317. The summed E-state index contributed by atoms with van der Waals surface area (Å²) in [5.41, 5.74) is 7.69. The molecular weight excluding hydrogens is 268 g/mol. The maximum atomic E-state index is 12.2. The highest BCUT2D eigenvalue weighted by Gasteiger charge is 2.11. The highest BCUT2D eigenvalue weighted by atomic mass is 16.1. The maximum Gasteiger partial charge on any atom is 0.274 e. The number of pyridine rings is 1. The highest BCUT2D eigenvalue weighted by molar-refractivity contribution is 6.04. The van der Waals surface area contributed by atoms with Crippen LogP contribution in [0.3, 0.4) is 0 Å². The molecule has 0 aliphatic carbocycles. The van der Waals surface area contributed by atoms with Crippen LogP contribution in [0.2, 0.25) is 0 Å². The number of amides is 1. The van der Waals surface area contributed by atoms with Crippen molar-refractivity contribution in [3.8, 4) is 5.69 Å². The first-order valence-corrected chi connectivity index (χ1v) is 6.22. The molecule has 0 fully saturated rings. The van der Waals surface area contributed by atoms with E-state index in [1.165, 1.54) is 6.20 Å². The second-order valence-electron chi connectivity index (χ2n) is 4.30. The lowest BCUT2D eigenvalue weighted by Gasteiger charge is -2.10. The van der Waals surface area contributed by atoms with Crippen LogP contribution in [0.25, 0.3) is 5.69 Å². The zero-order chi connectivity index (χ0) is 14.7. The molecule has 2 heterocycles. The Morgan fingerprint density at radius 2 is 2.05 bits per heavy atom. The van der Waals surface area contributed by atoms with Gasteiger partial charge in [-0.15, -0.1) is 5.10 Å². The van der Waals surface area contributed by atoms with Crippen molar-refractivity contribution in [3.05, 3.63) is 60.7 Å². The summed E-state index contributed by atoms with van der Waals surface area (Å²) in [5, 5.41) is 10.5. The van der Waals surface area contributed by atoms with Gasteiger partial charge < -0.3 is 11.1 Å². The summed E-state index contributed by atoms with van der Waals surface area (Å²) >= 11 is 0. The number of benzene rings is 1. The lowest BCUT2D eigenvalue weighted by atomic mass is 10.2. The molecule has 2 aromatic heterocycles. The zero-order valence-electron chi connectivity index (χ0n) is 11.0. The quantitative estimate of drug-likeness (QED) is 0.757. The molecule has 0 unspecified atom stereocenters. The second-order valence-corrected chi connectivity index (χ2v) is 4.30. The summed E-state index contributed by atoms with van der Waals surface area (Å²) in [4.78, 5) is 16.2. The number of rotatable bonds is 3. The summed E-state index contributed by atoms with van der Waals surface area (Å²) in [6.07, 6.45) is 4.71. The van der Waals surface area contributed by atoms with Gasteiger partial charge in [-0.1, -0.05) is 17.3 Å². The van der Waals surface area contributed by atoms with Crippen LogP contribution < -0.4 is 11.1 Å². The lowest BCUT2D eigenvalue weighted by Crippen LogP contribution is -2.15. The van der Waals surface area contributed by atoms with Crippen LogP contribution in [0.4, 0.5) is 11.4 Å². The van der Waals surface area contributed by atoms with Gasteiger partial charge in [0.15, 0.2) is 0 Å². The monoisotopic (exact) mass is 280 g/mol. The van der Waals surface area contributed by atoms with Gasteiger partial charge in [-0.25, -0.2) is 9.67 Å². The molecule has 104 valence electrons. The summed E-state index contributed by atoms with van der Waals surface area (Å²) < 4.78 is 1.58. The van der Waals surface area contributed by atoms with Crippen LogP contribution in [0.15, 0.2) is 55.0 Å². The van der Waals surface area contributed by atoms with Crippen LogP contribution in [-0.2, 0) is 0 Å². The summed E-state index contributed by atoms with van der Waals surface area (Å²) in [7, 11) is 0. The Balaban J connectivity index is 1.88. The molecule has 7 nitrogen and oxygen atoms in total. The van der Waals surface area contributed by atoms with Crippen molar-refractivity contribution < 1.29 is 4.79 Å². The Hall–Kier alpha value is -3.22. The van der Waals surface area contributed by atoms with Crippen molar-refractivity contribution in [3.63, 3.8) is 0 Å². The number of aromatic nitrogens is 4. The average Bonchev–Trinajstić information content (AvgIpc) is 3.02. The van der Waals surface area contributed by atoms with E-state index in [0.717, 1.165) is 5.69 Å². The van der Waals surface area contributed by atoms with Gasteiger partial charge in [0.25, 0.3) is 5.91 Å². The molecule has 0 atom stereocenters. The molecule has 0 aliphatic heterocycles. The van der Waals surface area contributed by atoms with Gasteiger partial charge in [-0.05, 0) is 24.3 Å². The van der Waals surface area contributed by atoms with E-state index in [1.54, 1.807) is 35.3 Å². The Morgan fingerprint density at radius 3 is 2.76 bits per heavy atom. The van der Waals surface area contributed by atoms with Crippen molar-refractivity contribution in [1.29, 1.82) is 0 Å². The molecule has 0 bridgehead atoms. The predicted octanol–water partition coefficient (Wildman–Crippen LogP) is 1.50. The fraction of sp³-hybridized carbons (Fsp3) is 0. The smallest absolute Gasteiger partial charge is 0.274 e. The lowest BCUT2D eigenvalue weighted by molar-refractivity contribution is 0.102. The summed E-state index contributed by atoms with van der Waals surface area (Å²) in [6.45, 7) is 0. The third kappa shape index (κ3) is 2.71. The van der Waals surface area contributed by atoms with E-state index in [1.807, 2.05) is 18.2 Å². The number of nitrogen functional groups attached to an aromatic ring is 1. The van der Waals surface area contributed by atoms with Gasteiger partial charge >= 0.3 is 0 Å². The van der Waals surface area contributed by atoms with Gasteiger partial charge in [0, 0.05) is 0 Å². The molecule has 3 rings (SSSR count).